The van der Waals surface area contributed by atoms with Gasteiger partial charge in [-0.15, -0.1) is 0 Å². The van der Waals surface area contributed by atoms with Crippen molar-refractivity contribution in [1.29, 1.82) is 0 Å². The topological polar surface area (TPSA) is 92.7 Å². The van der Waals surface area contributed by atoms with Crippen molar-refractivity contribution >= 4 is 21.7 Å². The Labute approximate surface area is 136 Å². The molecule has 1 atom stereocenters. The number of sulfonamides is 1. The molecule has 0 saturated carbocycles. The molecule has 2 rings (SSSR count). The molecule has 1 saturated heterocycles. The zero-order valence-corrected chi connectivity index (χ0v) is 14.2. The highest BCUT2D eigenvalue weighted by Crippen LogP contribution is 2.25. The summed E-state index contributed by atoms with van der Waals surface area (Å²) in [5.74, 6) is -0.990. The van der Waals surface area contributed by atoms with Crippen LogP contribution in [0.2, 0.25) is 0 Å². The molecule has 1 heterocycles. The van der Waals surface area contributed by atoms with Crippen LogP contribution in [0.4, 0.5) is 5.69 Å². The van der Waals surface area contributed by atoms with Crippen molar-refractivity contribution < 1.29 is 23.1 Å². The van der Waals surface area contributed by atoms with Gasteiger partial charge in [0.2, 0.25) is 10.0 Å². The molecular formula is C16H23NO5S. The average Bonchev–Trinajstić information content (AvgIpc) is 2.47. The molecule has 1 aliphatic rings. The molecule has 0 amide bonds. The van der Waals surface area contributed by atoms with Crippen LogP contribution in [0.3, 0.4) is 0 Å². The smallest absolute Gasteiger partial charge is 0.313 e. The number of hydrogen-bond donors (Lipinski definition) is 2. The molecule has 1 aliphatic heterocycles. The van der Waals surface area contributed by atoms with Crippen LogP contribution in [0.5, 0.6) is 0 Å². The summed E-state index contributed by atoms with van der Waals surface area (Å²) in [7, 11) is -3.49. The largest absolute Gasteiger partial charge is 0.481 e. The van der Waals surface area contributed by atoms with E-state index in [-0.39, 0.29) is 11.9 Å². The van der Waals surface area contributed by atoms with Crippen molar-refractivity contribution in [2.45, 2.75) is 44.6 Å². The normalized spacial score (nSPS) is 19.3. The molecule has 0 bridgehead atoms. The highest BCUT2D eigenvalue weighted by molar-refractivity contribution is 7.92. The van der Waals surface area contributed by atoms with E-state index < -0.39 is 21.4 Å². The van der Waals surface area contributed by atoms with Crippen molar-refractivity contribution in [2.24, 2.45) is 0 Å². The van der Waals surface area contributed by atoms with Gasteiger partial charge in [0.05, 0.1) is 17.3 Å². The monoisotopic (exact) mass is 341 g/mol. The molecule has 128 valence electrons. The summed E-state index contributed by atoms with van der Waals surface area (Å²) in [6.07, 6.45) is 2.46. The molecule has 0 spiro atoms. The number of carboxylic acids is 1. The Morgan fingerprint density at radius 3 is 2.48 bits per heavy atom. The van der Waals surface area contributed by atoms with Crippen LogP contribution < -0.4 is 4.72 Å². The number of benzene rings is 1. The SMILES string of the molecule is CC(C)(C(=O)O)c1ccc(NS(=O)(=O)CC2CCCCO2)cc1. The van der Waals surface area contributed by atoms with Gasteiger partial charge in [0.1, 0.15) is 0 Å². The second-order valence-corrected chi connectivity index (χ2v) is 8.15. The van der Waals surface area contributed by atoms with E-state index in [1.54, 1.807) is 38.1 Å². The first kappa shape index (κ1) is 17.7. The molecule has 1 aromatic carbocycles. The number of hydrogen-bond acceptors (Lipinski definition) is 4. The van der Waals surface area contributed by atoms with Crippen LogP contribution in [0, 0.1) is 0 Å². The minimum atomic E-state index is -3.49. The number of anilines is 1. The van der Waals surface area contributed by atoms with Crippen LogP contribution in [0.1, 0.15) is 38.7 Å². The number of ether oxygens (including phenoxy) is 1. The third kappa shape index (κ3) is 4.68. The Kier molecular flexibility index (Phi) is 5.31. The number of nitrogens with one attached hydrogen (secondary N) is 1. The number of aliphatic carboxylic acids is 1. The summed E-state index contributed by atoms with van der Waals surface area (Å²) in [5.41, 5.74) is 0.0159. The second-order valence-electron chi connectivity index (χ2n) is 6.38. The summed E-state index contributed by atoms with van der Waals surface area (Å²) in [6.45, 7) is 3.82. The van der Waals surface area contributed by atoms with Gasteiger partial charge in [-0.3, -0.25) is 9.52 Å². The van der Waals surface area contributed by atoms with Crippen molar-refractivity contribution in [3.05, 3.63) is 29.8 Å². The first-order valence-corrected chi connectivity index (χ1v) is 9.32. The minimum Gasteiger partial charge on any atom is -0.481 e. The molecule has 6 nitrogen and oxygen atoms in total. The summed E-state index contributed by atoms with van der Waals surface area (Å²) in [6, 6.07) is 6.42. The minimum absolute atomic E-state index is 0.0601. The predicted molar refractivity (Wildman–Crippen MR) is 88.1 cm³/mol. The van der Waals surface area contributed by atoms with Crippen LogP contribution >= 0.6 is 0 Å². The van der Waals surface area contributed by atoms with Gasteiger partial charge < -0.3 is 9.84 Å². The molecule has 2 N–H and O–H groups in total. The van der Waals surface area contributed by atoms with E-state index in [9.17, 15) is 18.3 Å². The maximum atomic E-state index is 12.2. The van der Waals surface area contributed by atoms with Crippen LogP contribution in [0.25, 0.3) is 0 Å². The van der Waals surface area contributed by atoms with E-state index in [2.05, 4.69) is 4.72 Å². The van der Waals surface area contributed by atoms with Crippen LogP contribution in [-0.2, 0) is 25.0 Å². The fourth-order valence-corrected chi connectivity index (χ4v) is 3.81. The Bertz CT molecular complexity index is 646. The zero-order chi connectivity index (χ0) is 17.1. The Morgan fingerprint density at radius 2 is 1.96 bits per heavy atom. The van der Waals surface area contributed by atoms with Gasteiger partial charge in [-0.2, -0.15) is 0 Å². The van der Waals surface area contributed by atoms with E-state index in [1.165, 1.54) is 0 Å². The van der Waals surface area contributed by atoms with Crippen molar-refractivity contribution in [3.63, 3.8) is 0 Å². The average molecular weight is 341 g/mol. The third-order valence-electron chi connectivity index (χ3n) is 4.09. The molecule has 1 fully saturated rings. The van der Waals surface area contributed by atoms with Crippen molar-refractivity contribution in [3.8, 4) is 0 Å². The highest BCUT2D eigenvalue weighted by Gasteiger charge is 2.29. The molecular weight excluding hydrogens is 318 g/mol. The molecule has 0 radical (unpaired) electrons. The lowest BCUT2D eigenvalue weighted by atomic mass is 9.85. The van der Waals surface area contributed by atoms with E-state index in [4.69, 9.17) is 4.74 Å². The maximum Gasteiger partial charge on any atom is 0.313 e. The van der Waals surface area contributed by atoms with Crippen molar-refractivity contribution in [2.75, 3.05) is 17.1 Å². The lowest BCUT2D eigenvalue weighted by molar-refractivity contribution is -0.142. The van der Waals surface area contributed by atoms with E-state index in [1.807, 2.05) is 0 Å². The summed E-state index contributed by atoms with van der Waals surface area (Å²) in [5, 5.41) is 9.21. The van der Waals surface area contributed by atoms with Gasteiger partial charge in [0.15, 0.2) is 0 Å². The number of carbonyl (C=O) groups is 1. The van der Waals surface area contributed by atoms with E-state index in [0.717, 1.165) is 19.3 Å². The lowest BCUT2D eigenvalue weighted by Gasteiger charge is -2.23. The summed E-state index contributed by atoms with van der Waals surface area (Å²) < 4.78 is 32.3. The highest BCUT2D eigenvalue weighted by atomic mass is 32.2. The van der Waals surface area contributed by atoms with Crippen molar-refractivity contribution in [1.82, 2.24) is 0 Å². The van der Waals surface area contributed by atoms with Gasteiger partial charge >= 0.3 is 5.97 Å². The molecule has 1 unspecified atom stereocenters. The first-order chi connectivity index (χ1) is 10.7. The summed E-state index contributed by atoms with van der Waals surface area (Å²) in [4.78, 5) is 11.2. The number of rotatable bonds is 6. The van der Waals surface area contributed by atoms with Gasteiger partial charge in [-0.1, -0.05) is 12.1 Å². The molecule has 1 aromatic rings. The molecule has 23 heavy (non-hydrogen) atoms. The predicted octanol–water partition coefficient (Wildman–Crippen LogP) is 2.36. The first-order valence-electron chi connectivity index (χ1n) is 7.67. The van der Waals surface area contributed by atoms with E-state index >= 15 is 0 Å². The Morgan fingerprint density at radius 1 is 1.30 bits per heavy atom. The van der Waals surface area contributed by atoms with Crippen LogP contribution in [0.15, 0.2) is 24.3 Å². The second kappa shape index (κ2) is 6.88. The van der Waals surface area contributed by atoms with Gasteiger partial charge in [0.25, 0.3) is 0 Å². The maximum absolute atomic E-state index is 12.2. The lowest BCUT2D eigenvalue weighted by Crippen LogP contribution is -2.31. The zero-order valence-electron chi connectivity index (χ0n) is 13.4. The fraction of sp³-hybridized carbons (Fsp3) is 0.562. The van der Waals surface area contributed by atoms with E-state index in [0.29, 0.717) is 17.9 Å². The summed E-state index contributed by atoms with van der Waals surface area (Å²) >= 11 is 0. The fourth-order valence-electron chi connectivity index (χ4n) is 2.48. The molecule has 7 heteroatoms. The van der Waals surface area contributed by atoms with Gasteiger partial charge in [-0.25, -0.2) is 8.42 Å². The van der Waals surface area contributed by atoms with Crippen LogP contribution in [-0.4, -0.2) is 38.0 Å². The van der Waals surface area contributed by atoms with Gasteiger partial charge in [0, 0.05) is 12.3 Å². The molecule has 0 aliphatic carbocycles. The quantitative estimate of drug-likeness (QED) is 0.828. The standard InChI is InChI=1S/C16H23NO5S/c1-16(2,15(18)19)12-6-8-13(9-7-12)17-23(20,21)11-14-5-3-4-10-22-14/h6-9,14,17H,3-5,10-11H2,1-2H3,(H,18,19). The third-order valence-corrected chi connectivity index (χ3v) is 5.45. The van der Waals surface area contributed by atoms with Gasteiger partial charge in [-0.05, 0) is 50.8 Å². The Balaban J connectivity index is 2.03. The Hall–Kier alpha value is -1.60. The number of carboxylic acid groups (broad SMARTS) is 1. The molecule has 0 aromatic heterocycles.